The number of amides is 1. The number of rotatable bonds is 1. The van der Waals surface area contributed by atoms with E-state index in [1.807, 2.05) is 25.1 Å². The summed E-state index contributed by atoms with van der Waals surface area (Å²) in [7, 11) is 0. The summed E-state index contributed by atoms with van der Waals surface area (Å²) >= 11 is 0. The number of carbonyl (C=O) groups is 2. The molecule has 4 heteroatoms. The van der Waals surface area contributed by atoms with Crippen LogP contribution in [0, 0.1) is 5.92 Å². The molecule has 3 rings (SSSR count). The summed E-state index contributed by atoms with van der Waals surface area (Å²) in [6, 6.07) is 5.75. The summed E-state index contributed by atoms with van der Waals surface area (Å²) in [5.74, 6) is 0.232. The summed E-state index contributed by atoms with van der Waals surface area (Å²) < 4.78 is 5.36. The smallest absolute Gasteiger partial charge is 0.253 e. The number of likely N-dealkylation sites (tertiary alicyclic amines) is 1. The Labute approximate surface area is 112 Å². The second kappa shape index (κ2) is 4.78. The standard InChI is InChI=1S/C15H17NO3/c1-10-7-16(5-4-14(10)17)15(18)11-2-3-12-8-19-9-13(12)6-11/h2-3,6,10H,4-5,7-9H2,1H3. The molecule has 0 aliphatic carbocycles. The van der Waals surface area contributed by atoms with Gasteiger partial charge >= 0.3 is 0 Å². The molecule has 1 aromatic carbocycles. The number of carbonyl (C=O) groups excluding carboxylic acids is 2. The van der Waals surface area contributed by atoms with Gasteiger partial charge in [0.25, 0.3) is 5.91 Å². The molecule has 100 valence electrons. The third-order valence-electron chi connectivity index (χ3n) is 3.93. The number of piperidine rings is 1. The minimum Gasteiger partial charge on any atom is -0.372 e. The van der Waals surface area contributed by atoms with Crippen LogP contribution in [0.1, 0.15) is 34.8 Å². The van der Waals surface area contributed by atoms with Gasteiger partial charge in [-0.15, -0.1) is 0 Å². The molecule has 1 atom stereocenters. The van der Waals surface area contributed by atoms with Crippen LogP contribution in [-0.4, -0.2) is 29.7 Å². The molecule has 19 heavy (non-hydrogen) atoms. The third-order valence-corrected chi connectivity index (χ3v) is 3.93. The van der Waals surface area contributed by atoms with E-state index in [0.29, 0.717) is 38.3 Å². The van der Waals surface area contributed by atoms with E-state index in [1.165, 1.54) is 5.56 Å². The van der Waals surface area contributed by atoms with E-state index >= 15 is 0 Å². The highest BCUT2D eigenvalue weighted by atomic mass is 16.5. The Balaban J connectivity index is 1.79. The molecule has 0 aromatic heterocycles. The van der Waals surface area contributed by atoms with E-state index in [-0.39, 0.29) is 17.6 Å². The van der Waals surface area contributed by atoms with Gasteiger partial charge in [0, 0.05) is 31.0 Å². The van der Waals surface area contributed by atoms with Crippen molar-refractivity contribution in [3.8, 4) is 0 Å². The van der Waals surface area contributed by atoms with Crippen molar-refractivity contribution in [1.29, 1.82) is 0 Å². The summed E-state index contributed by atoms with van der Waals surface area (Å²) in [4.78, 5) is 25.7. The zero-order chi connectivity index (χ0) is 13.4. The number of fused-ring (bicyclic) bond motifs is 1. The van der Waals surface area contributed by atoms with Gasteiger partial charge in [-0.3, -0.25) is 9.59 Å². The van der Waals surface area contributed by atoms with Crippen molar-refractivity contribution < 1.29 is 14.3 Å². The minimum absolute atomic E-state index is 0.0223. The Morgan fingerprint density at radius 1 is 1.32 bits per heavy atom. The molecule has 1 saturated heterocycles. The zero-order valence-corrected chi connectivity index (χ0v) is 11.0. The maximum atomic E-state index is 12.4. The average Bonchev–Trinajstić information content (AvgIpc) is 2.88. The monoisotopic (exact) mass is 259 g/mol. The Hall–Kier alpha value is -1.68. The lowest BCUT2D eigenvalue weighted by atomic mass is 9.97. The molecule has 0 spiro atoms. The third kappa shape index (κ3) is 2.28. The van der Waals surface area contributed by atoms with Gasteiger partial charge in [-0.2, -0.15) is 0 Å². The number of hydrogen-bond donors (Lipinski definition) is 0. The van der Waals surface area contributed by atoms with Gasteiger partial charge in [0.2, 0.25) is 0 Å². The number of Topliss-reactive ketones (excluding diaryl/α,β-unsaturated/α-hetero) is 1. The van der Waals surface area contributed by atoms with Gasteiger partial charge in [0.15, 0.2) is 0 Å². The van der Waals surface area contributed by atoms with Crippen LogP contribution in [0.3, 0.4) is 0 Å². The first-order chi connectivity index (χ1) is 9.15. The van der Waals surface area contributed by atoms with Gasteiger partial charge in [-0.1, -0.05) is 13.0 Å². The van der Waals surface area contributed by atoms with E-state index in [0.717, 1.165) is 5.56 Å². The van der Waals surface area contributed by atoms with Gasteiger partial charge in [-0.05, 0) is 23.3 Å². The van der Waals surface area contributed by atoms with E-state index in [1.54, 1.807) is 4.90 Å². The van der Waals surface area contributed by atoms with Crippen molar-refractivity contribution in [3.05, 3.63) is 34.9 Å². The van der Waals surface area contributed by atoms with Crippen molar-refractivity contribution >= 4 is 11.7 Å². The van der Waals surface area contributed by atoms with E-state index in [4.69, 9.17) is 4.74 Å². The maximum absolute atomic E-state index is 12.4. The lowest BCUT2D eigenvalue weighted by molar-refractivity contribution is -0.124. The summed E-state index contributed by atoms with van der Waals surface area (Å²) in [5, 5.41) is 0. The van der Waals surface area contributed by atoms with Crippen LogP contribution >= 0.6 is 0 Å². The van der Waals surface area contributed by atoms with Crippen LogP contribution in [0.15, 0.2) is 18.2 Å². The molecule has 2 aliphatic rings. The molecule has 1 fully saturated rings. The quantitative estimate of drug-likeness (QED) is 0.772. The van der Waals surface area contributed by atoms with Crippen molar-refractivity contribution in [2.45, 2.75) is 26.6 Å². The Bertz CT molecular complexity index is 538. The normalized spacial score (nSPS) is 22.5. The minimum atomic E-state index is -0.0459. The van der Waals surface area contributed by atoms with Crippen LogP contribution in [0.25, 0.3) is 0 Å². The molecule has 1 unspecified atom stereocenters. The van der Waals surface area contributed by atoms with Gasteiger partial charge in [-0.25, -0.2) is 0 Å². The highest BCUT2D eigenvalue weighted by Gasteiger charge is 2.27. The van der Waals surface area contributed by atoms with E-state index < -0.39 is 0 Å². The average molecular weight is 259 g/mol. The lowest BCUT2D eigenvalue weighted by Crippen LogP contribution is -2.43. The van der Waals surface area contributed by atoms with Crippen LogP contribution in [0.5, 0.6) is 0 Å². The fraction of sp³-hybridized carbons (Fsp3) is 0.467. The van der Waals surface area contributed by atoms with Crippen LogP contribution < -0.4 is 0 Å². The van der Waals surface area contributed by atoms with Crippen LogP contribution in [-0.2, 0) is 22.7 Å². The number of ether oxygens (including phenoxy) is 1. The Morgan fingerprint density at radius 2 is 2.11 bits per heavy atom. The van der Waals surface area contributed by atoms with Gasteiger partial charge in [0.1, 0.15) is 5.78 Å². The van der Waals surface area contributed by atoms with E-state index in [9.17, 15) is 9.59 Å². The highest BCUT2D eigenvalue weighted by Crippen LogP contribution is 2.22. The predicted molar refractivity (Wildman–Crippen MR) is 69.6 cm³/mol. The molecule has 0 saturated carbocycles. The van der Waals surface area contributed by atoms with Gasteiger partial charge in [0.05, 0.1) is 13.2 Å². The maximum Gasteiger partial charge on any atom is 0.253 e. The molecule has 4 nitrogen and oxygen atoms in total. The van der Waals surface area contributed by atoms with Crippen LogP contribution in [0.4, 0.5) is 0 Å². The van der Waals surface area contributed by atoms with Crippen molar-refractivity contribution in [2.24, 2.45) is 5.92 Å². The highest BCUT2D eigenvalue weighted by molar-refractivity contribution is 5.96. The fourth-order valence-corrected chi connectivity index (χ4v) is 2.69. The van der Waals surface area contributed by atoms with Gasteiger partial charge < -0.3 is 9.64 Å². The van der Waals surface area contributed by atoms with Crippen molar-refractivity contribution in [1.82, 2.24) is 4.90 Å². The second-order valence-corrected chi connectivity index (χ2v) is 5.34. The number of hydrogen-bond acceptors (Lipinski definition) is 3. The molecule has 1 aromatic rings. The van der Waals surface area contributed by atoms with E-state index in [2.05, 4.69) is 0 Å². The fourth-order valence-electron chi connectivity index (χ4n) is 2.69. The lowest BCUT2D eigenvalue weighted by Gasteiger charge is -2.30. The predicted octanol–water partition coefficient (Wildman–Crippen LogP) is 1.77. The molecule has 0 radical (unpaired) electrons. The molecule has 0 N–H and O–H groups in total. The number of ketones is 1. The molecule has 2 heterocycles. The van der Waals surface area contributed by atoms with Crippen LogP contribution in [0.2, 0.25) is 0 Å². The zero-order valence-electron chi connectivity index (χ0n) is 11.0. The number of benzene rings is 1. The largest absolute Gasteiger partial charge is 0.372 e. The second-order valence-electron chi connectivity index (χ2n) is 5.34. The first kappa shape index (κ1) is 12.4. The Kier molecular flexibility index (Phi) is 3.11. The number of nitrogens with zero attached hydrogens (tertiary/aromatic N) is 1. The first-order valence-electron chi connectivity index (χ1n) is 6.66. The molecular weight excluding hydrogens is 242 g/mol. The molecular formula is C15H17NO3. The Morgan fingerprint density at radius 3 is 2.89 bits per heavy atom. The summed E-state index contributed by atoms with van der Waals surface area (Å²) in [6.07, 6.45) is 0.473. The topological polar surface area (TPSA) is 46.6 Å². The molecule has 2 aliphatic heterocycles. The molecule has 1 amide bonds. The molecule has 0 bridgehead atoms. The van der Waals surface area contributed by atoms with Crippen molar-refractivity contribution in [3.63, 3.8) is 0 Å². The summed E-state index contributed by atoms with van der Waals surface area (Å²) in [5.41, 5.74) is 2.97. The first-order valence-corrected chi connectivity index (χ1v) is 6.66. The SMILES string of the molecule is CC1CN(C(=O)c2ccc3c(c2)COC3)CCC1=O. The summed E-state index contributed by atoms with van der Waals surface area (Å²) in [6.45, 7) is 4.18. The van der Waals surface area contributed by atoms with Crippen molar-refractivity contribution in [2.75, 3.05) is 13.1 Å².